The number of methoxy groups -OCH3 is 1. The van der Waals surface area contributed by atoms with Crippen LogP contribution in [0.4, 0.5) is 11.4 Å². The van der Waals surface area contributed by atoms with Crippen molar-refractivity contribution >= 4 is 23.2 Å². The van der Waals surface area contributed by atoms with Crippen LogP contribution in [0.15, 0.2) is 41.0 Å². The molecule has 0 saturated heterocycles. The van der Waals surface area contributed by atoms with E-state index in [1.807, 2.05) is 0 Å². The van der Waals surface area contributed by atoms with E-state index in [0.717, 1.165) is 12.8 Å². The summed E-state index contributed by atoms with van der Waals surface area (Å²) < 4.78 is 10.4. The van der Waals surface area contributed by atoms with Crippen molar-refractivity contribution < 1.29 is 18.7 Å². The molecule has 6 heteroatoms. The van der Waals surface area contributed by atoms with Crippen LogP contribution >= 0.6 is 0 Å². The van der Waals surface area contributed by atoms with Crippen LogP contribution in [0, 0.1) is 0 Å². The van der Waals surface area contributed by atoms with Gasteiger partial charge in [0.15, 0.2) is 5.76 Å². The number of anilines is 2. The van der Waals surface area contributed by atoms with Crippen LogP contribution in [0.25, 0.3) is 0 Å². The lowest BCUT2D eigenvalue weighted by atomic mass is 10.1. The van der Waals surface area contributed by atoms with Gasteiger partial charge in [0.2, 0.25) is 5.91 Å². The molecule has 30 heavy (non-hydrogen) atoms. The van der Waals surface area contributed by atoms with Gasteiger partial charge in [0.05, 0.1) is 19.1 Å². The third kappa shape index (κ3) is 8.31. The summed E-state index contributed by atoms with van der Waals surface area (Å²) in [5, 5.41) is 5.64. The van der Waals surface area contributed by atoms with E-state index in [4.69, 9.17) is 9.15 Å². The smallest absolute Gasteiger partial charge is 0.291 e. The van der Waals surface area contributed by atoms with E-state index in [1.54, 1.807) is 30.3 Å². The molecule has 2 amide bonds. The zero-order valence-electron chi connectivity index (χ0n) is 18.2. The molecule has 0 aliphatic rings. The zero-order valence-corrected chi connectivity index (χ0v) is 18.2. The molecule has 6 nitrogen and oxygen atoms in total. The Morgan fingerprint density at radius 2 is 1.63 bits per heavy atom. The summed E-state index contributed by atoms with van der Waals surface area (Å²) in [5.74, 6) is 0.319. The number of rotatable bonds is 14. The number of carbonyl (C=O) groups is 2. The summed E-state index contributed by atoms with van der Waals surface area (Å²) in [4.78, 5) is 24.3. The SMILES string of the molecule is CCCCCCCCCCCC(=O)Nc1ccc(NC(=O)c2ccco2)c(OC)c1. The van der Waals surface area contributed by atoms with E-state index in [0.29, 0.717) is 23.5 Å². The van der Waals surface area contributed by atoms with Crippen molar-refractivity contribution in [1.29, 1.82) is 0 Å². The van der Waals surface area contributed by atoms with Gasteiger partial charge in [0.25, 0.3) is 5.91 Å². The van der Waals surface area contributed by atoms with Gasteiger partial charge < -0.3 is 19.8 Å². The first kappa shape index (κ1) is 23.5. The van der Waals surface area contributed by atoms with Crippen LogP contribution in [0.1, 0.15) is 81.7 Å². The minimum absolute atomic E-state index is 0.00706. The molecular weight excluding hydrogens is 380 g/mol. The Kier molecular flexibility index (Phi) is 10.6. The van der Waals surface area contributed by atoms with Gasteiger partial charge in [-0.15, -0.1) is 0 Å². The van der Waals surface area contributed by atoms with Gasteiger partial charge in [-0.25, -0.2) is 0 Å². The number of hydrogen-bond donors (Lipinski definition) is 2. The van der Waals surface area contributed by atoms with Crippen molar-refractivity contribution in [2.24, 2.45) is 0 Å². The monoisotopic (exact) mass is 414 g/mol. The second-order valence-corrected chi connectivity index (χ2v) is 7.47. The molecule has 0 atom stereocenters. The Balaban J connectivity index is 1.71. The fourth-order valence-electron chi connectivity index (χ4n) is 3.28. The number of hydrogen-bond acceptors (Lipinski definition) is 4. The highest BCUT2D eigenvalue weighted by Crippen LogP contribution is 2.28. The number of furan rings is 1. The Hall–Kier alpha value is -2.76. The third-order valence-electron chi connectivity index (χ3n) is 4.99. The molecule has 0 radical (unpaired) electrons. The first-order chi connectivity index (χ1) is 14.6. The van der Waals surface area contributed by atoms with Crippen molar-refractivity contribution in [1.82, 2.24) is 0 Å². The lowest BCUT2D eigenvalue weighted by Gasteiger charge is -2.12. The highest BCUT2D eigenvalue weighted by atomic mass is 16.5. The van der Waals surface area contributed by atoms with Crippen LogP contribution < -0.4 is 15.4 Å². The largest absolute Gasteiger partial charge is 0.494 e. The van der Waals surface area contributed by atoms with E-state index in [-0.39, 0.29) is 17.6 Å². The normalized spacial score (nSPS) is 10.6. The Labute approximate surface area is 179 Å². The predicted octanol–water partition coefficient (Wildman–Crippen LogP) is 6.40. The average molecular weight is 415 g/mol. The minimum Gasteiger partial charge on any atom is -0.494 e. The Bertz CT molecular complexity index is 772. The molecule has 0 aliphatic carbocycles. The van der Waals surface area contributed by atoms with E-state index < -0.39 is 0 Å². The molecule has 0 unspecified atom stereocenters. The Morgan fingerprint density at radius 1 is 0.933 bits per heavy atom. The summed E-state index contributed by atoms with van der Waals surface area (Å²) in [6.07, 6.45) is 13.0. The highest BCUT2D eigenvalue weighted by Gasteiger charge is 2.13. The average Bonchev–Trinajstić information content (AvgIpc) is 3.28. The molecule has 0 bridgehead atoms. The van der Waals surface area contributed by atoms with Gasteiger partial charge in [0.1, 0.15) is 5.75 Å². The molecule has 0 saturated carbocycles. The summed E-state index contributed by atoms with van der Waals surface area (Å²) in [5.41, 5.74) is 1.15. The fraction of sp³-hybridized carbons (Fsp3) is 0.500. The number of unbranched alkanes of at least 4 members (excludes halogenated alkanes) is 8. The number of nitrogens with one attached hydrogen (secondary N) is 2. The molecule has 0 fully saturated rings. The molecule has 1 aromatic carbocycles. The topological polar surface area (TPSA) is 80.6 Å². The van der Waals surface area contributed by atoms with Crippen LogP contribution in [0.2, 0.25) is 0 Å². The van der Waals surface area contributed by atoms with Gasteiger partial charge >= 0.3 is 0 Å². The van der Waals surface area contributed by atoms with Crippen LogP contribution in [-0.4, -0.2) is 18.9 Å². The van der Waals surface area contributed by atoms with Crippen LogP contribution in [0.5, 0.6) is 5.75 Å². The molecule has 1 aromatic heterocycles. The number of ether oxygens (including phenoxy) is 1. The zero-order chi connectivity index (χ0) is 21.6. The standard InChI is InChI=1S/C24H34N2O4/c1-3-4-5-6-7-8-9-10-11-14-23(27)25-19-15-16-20(22(18-19)29-2)26-24(28)21-13-12-17-30-21/h12-13,15-18H,3-11,14H2,1-2H3,(H,25,27)(H,26,28). The number of benzene rings is 1. The van der Waals surface area contributed by atoms with Crippen molar-refractivity contribution in [3.05, 3.63) is 42.4 Å². The van der Waals surface area contributed by atoms with Gasteiger partial charge in [-0.2, -0.15) is 0 Å². The van der Waals surface area contributed by atoms with Gasteiger partial charge in [-0.05, 0) is 30.7 Å². The quantitative estimate of drug-likeness (QED) is 0.351. The predicted molar refractivity (Wildman–Crippen MR) is 120 cm³/mol. The van der Waals surface area contributed by atoms with E-state index in [9.17, 15) is 9.59 Å². The van der Waals surface area contributed by atoms with Crippen molar-refractivity contribution in [2.45, 2.75) is 71.1 Å². The summed E-state index contributed by atoms with van der Waals surface area (Å²) >= 11 is 0. The van der Waals surface area contributed by atoms with Crippen molar-refractivity contribution in [3.8, 4) is 5.75 Å². The summed E-state index contributed by atoms with van der Waals surface area (Å²) in [7, 11) is 1.52. The van der Waals surface area contributed by atoms with Crippen LogP contribution in [-0.2, 0) is 4.79 Å². The second-order valence-electron chi connectivity index (χ2n) is 7.47. The maximum Gasteiger partial charge on any atom is 0.291 e. The molecular formula is C24H34N2O4. The second kappa shape index (κ2) is 13.5. The van der Waals surface area contributed by atoms with Gasteiger partial charge in [0, 0.05) is 18.2 Å². The lowest BCUT2D eigenvalue weighted by molar-refractivity contribution is -0.116. The molecule has 2 aromatic rings. The molecule has 2 N–H and O–H groups in total. The Morgan fingerprint density at radius 3 is 2.27 bits per heavy atom. The first-order valence-electron chi connectivity index (χ1n) is 11.0. The minimum atomic E-state index is -0.361. The summed E-state index contributed by atoms with van der Waals surface area (Å²) in [6.45, 7) is 2.23. The fourth-order valence-corrected chi connectivity index (χ4v) is 3.28. The maximum absolute atomic E-state index is 12.2. The number of amides is 2. The lowest BCUT2D eigenvalue weighted by Crippen LogP contribution is -2.13. The maximum atomic E-state index is 12.2. The first-order valence-corrected chi connectivity index (χ1v) is 11.0. The van der Waals surface area contributed by atoms with Crippen molar-refractivity contribution in [2.75, 3.05) is 17.7 Å². The summed E-state index contributed by atoms with van der Waals surface area (Å²) in [6, 6.07) is 8.38. The molecule has 0 spiro atoms. The molecule has 1 heterocycles. The van der Waals surface area contributed by atoms with E-state index in [2.05, 4.69) is 17.6 Å². The van der Waals surface area contributed by atoms with Gasteiger partial charge in [-0.3, -0.25) is 9.59 Å². The molecule has 0 aliphatic heterocycles. The highest BCUT2D eigenvalue weighted by molar-refractivity contribution is 6.03. The molecule has 164 valence electrons. The third-order valence-corrected chi connectivity index (χ3v) is 4.99. The van der Waals surface area contributed by atoms with Crippen LogP contribution in [0.3, 0.4) is 0 Å². The van der Waals surface area contributed by atoms with E-state index >= 15 is 0 Å². The van der Waals surface area contributed by atoms with Gasteiger partial charge in [-0.1, -0.05) is 58.3 Å². The van der Waals surface area contributed by atoms with E-state index in [1.165, 1.54) is 58.3 Å². The van der Waals surface area contributed by atoms with Crippen molar-refractivity contribution in [3.63, 3.8) is 0 Å². The number of carbonyl (C=O) groups excluding carboxylic acids is 2. The molecule has 2 rings (SSSR count).